The van der Waals surface area contributed by atoms with Gasteiger partial charge in [-0.15, -0.1) is 0 Å². The third-order valence-electron chi connectivity index (χ3n) is 2.82. The Morgan fingerprint density at radius 3 is 2.24 bits per heavy atom. The standard InChI is InChI=1S/C15H19F2NO3/c1-9(2)4-13(15(20)21-3)18-14(19)7-10-5-11(16)8-12(17)6-10/h5-6,8-9,13H,4,7H2,1-3H3,(H,18,19). The van der Waals surface area contributed by atoms with E-state index in [9.17, 15) is 18.4 Å². The van der Waals surface area contributed by atoms with E-state index in [1.807, 2.05) is 13.8 Å². The molecule has 0 aliphatic carbocycles. The molecule has 0 aliphatic rings. The van der Waals surface area contributed by atoms with Crippen LogP contribution >= 0.6 is 0 Å². The number of carbonyl (C=O) groups excluding carboxylic acids is 2. The molecular formula is C15H19F2NO3. The highest BCUT2D eigenvalue weighted by Crippen LogP contribution is 2.10. The molecule has 1 amide bonds. The quantitative estimate of drug-likeness (QED) is 0.819. The molecule has 4 nitrogen and oxygen atoms in total. The van der Waals surface area contributed by atoms with E-state index in [0.29, 0.717) is 6.42 Å². The number of halogens is 2. The molecule has 21 heavy (non-hydrogen) atoms. The molecule has 0 fully saturated rings. The molecule has 1 aromatic carbocycles. The Morgan fingerprint density at radius 1 is 1.19 bits per heavy atom. The number of carbonyl (C=O) groups is 2. The Labute approximate surface area is 122 Å². The first-order valence-electron chi connectivity index (χ1n) is 6.64. The van der Waals surface area contributed by atoms with Gasteiger partial charge in [0.25, 0.3) is 0 Å². The van der Waals surface area contributed by atoms with Gasteiger partial charge >= 0.3 is 5.97 Å². The lowest BCUT2D eigenvalue weighted by Gasteiger charge is -2.18. The van der Waals surface area contributed by atoms with Crippen molar-refractivity contribution in [1.29, 1.82) is 0 Å². The number of methoxy groups -OCH3 is 1. The average Bonchev–Trinajstić information content (AvgIpc) is 2.34. The van der Waals surface area contributed by atoms with Crippen molar-refractivity contribution in [3.8, 4) is 0 Å². The summed E-state index contributed by atoms with van der Waals surface area (Å²) >= 11 is 0. The number of rotatable bonds is 6. The molecule has 0 bridgehead atoms. The topological polar surface area (TPSA) is 55.4 Å². The van der Waals surface area contributed by atoms with Gasteiger partial charge in [-0.3, -0.25) is 4.79 Å². The molecule has 0 spiro atoms. The third-order valence-corrected chi connectivity index (χ3v) is 2.82. The lowest BCUT2D eigenvalue weighted by atomic mass is 10.0. The van der Waals surface area contributed by atoms with E-state index < -0.39 is 29.6 Å². The molecule has 0 heterocycles. The van der Waals surface area contributed by atoms with Crippen LogP contribution in [0.1, 0.15) is 25.8 Å². The Kier molecular flexibility index (Phi) is 6.27. The summed E-state index contributed by atoms with van der Waals surface area (Å²) in [7, 11) is 1.24. The van der Waals surface area contributed by atoms with Crippen LogP contribution in [-0.2, 0) is 20.7 Å². The second-order valence-corrected chi connectivity index (χ2v) is 5.23. The molecule has 0 radical (unpaired) electrons. The average molecular weight is 299 g/mol. The molecule has 0 aliphatic heterocycles. The lowest BCUT2D eigenvalue weighted by Crippen LogP contribution is -2.43. The van der Waals surface area contributed by atoms with E-state index in [0.717, 1.165) is 18.2 Å². The highest BCUT2D eigenvalue weighted by molar-refractivity contribution is 5.85. The van der Waals surface area contributed by atoms with Crippen LogP contribution in [-0.4, -0.2) is 25.0 Å². The zero-order valence-corrected chi connectivity index (χ0v) is 12.3. The normalized spacial score (nSPS) is 12.1. The Morgan fingerprint density at radius 2 is 1.76 bits per heavy atom. The third kappa shape index (κ3) is 5.89. The molecule has 0 aromatic heterocycles. The van der Waals surface area contributed by atoms with Gasteiger partial charge < -0.3 is 10.1 Å². The summed E-state index contributed by atoms with van der Waals surface area (Å²) in [5.74, 6) is -2.34. The van der Waals surface area contributed by atoms with Crippen molar-refractivity contribution in [3.05, 3.63) is 35.4 Å². The van der Waals surface area contributed by atoms with Crippen molar-refractivity contribution in [1.82, 2.24) is 5.32 Å². The van der Waals surface area contributed by atoms with Crippen LogP contribution in [0.25, 0.3) is 0 Å². The van der Waals surface area contributed by atoms with Crippen molar-refractivity contribution in [2.75, 3.05) is 7.11 Å². The predicted octanol–water partition coefficient (Wildman–Crippen LogP) is 2.21. The zero-order chi connectivity index (χ0) is 16.0. The minimum Gasteiger partial charge on any atom is -0.467 e. The summed E-state index contributed by atoms with van der Waals surface area (Å²) in [4.78, 5) is 23.5. The van der Waals surface area contributed by atoms with Crippen molar-refractivity contribution >= 4 is 11.9 Å². The Balaban J connectivity index is 2.71. The van der Waals surface area contributed by atoms with E-state index in [-0.39, 0.29) is 17.9 Å². The molecule has 0 saturated heterocycles. The van der Waals surface area contributed by atoms with Crippen LogP contribution in [0.15, 0.2) is 18.2 Å². The molecule has 1 unspecified atom stereocenters. The number of ether oxygens (including phenoxy) is 1. The number of benzene rings is 1. The van der Waals surface area contributed by atoms with Gasteiger partial charge in [0.05, 0.1) is 13.5 Å². The summed E-state index contributed by atoms with van der Waals surface area (Å²) in [6.45, 7) is 3.81. The van der Waals surface area contributed by atoms with E-state index in [1.165, 1.54) is 7.11 Å². The highest BCUT2D eigenvalue weighted by Gasteiger charge is 2.22. The fourth-order valence-electron chi connectivity index (χ4n) is 1.97. The predicted molar refractivity (Wildman–Crippen MR) is 73.5 cm³/mol. The van der Waals surface area contributed by atoms with Gasteiger partial charge in [0.2, 0.25) is 5.91 Å². The van der Waals surface area contributed by atoms with Crippen molar-refractivity contribution in [2.24, 2.45) is 5.92 Å². The van der Waals surface area contributed by atoms with Crippen LogP contribution in [0.5, 0.6) is 0 Å². The Bertz CT molecular complexity index is 497. The number of nitrogens with one attached hydrogen (secondary N) is 1. The summed E-state index contributed by atoms with van der Waals surface area (Å²) < 4.78 is 30.7. The minimum absolute atomic E-state index is 0.181. The summed E-state index contributed by atoms with van der Waals surface area (Å²) in [6.07, 6.45) is 0.218. The number of esters is 1. The van der Waals surface area contributed by atoms with Crippen molar-refractivity contribution in [3.63, 3.8) is 0 Å². The molecular weight excluding hydrogens is 280 g/mol. The van der Waals surface area contributed by atoms with Crippen LogP contribution in [0.2, 0.25) is 0 Å². The van der Waals surface area contributed by atoms with Gasteiger partial charge in [0.15, 0.2) is 0 Å². The molecule has 1 aromatic rings. The lowest BCUT2D eigenvalue weighted by molar-refractivity contribution is -0.145. The molecule has 116 valence electrons. The largest absolute Gasteiger partial charge is 0.467 e. The maximum Gasteiger partial charge on any atom is 0.328 e. The number of hydrogen-bond donors (Lipinski definition) is 1. The summed E-state index contributed by atoms with van der Waals surface area (Å²) in [5, 5.41) is 2.53. The van der Waals surface area contributed by atoms with Gasteiger partial charge in [0.1, 0.15) is 17.7 Å². The number of hydrogen-bond acceptors (Lipinski definition) is 3. The zero-order valence-electron chi connectivity index (χ0n) is 12.3. The fraction of sp³-hybridized carbons (Fsp3) is 0.467. The van der Waals surface area contributed by atoms with Crippen LogP contribution < -0.4 is 5.32 Å². The van der Waals surface area contributed by atoms with E-state index >= 15 is 0 Å². The van der Waals surface area contributed by atoms with Crippen LogP contribution in [0, 0.1) is 17.6 Å². The maximum absolute atomic E-state index is 13.0. The summed E-state index contributed by atoms with van der Waals surface area (Å²) in [5.41, 5.74) is 0.207. The summed E-state index contributed by atoms with van der Waals surface area (Å²) in [6, 6.07) is 2.13. The van der Waals surface area contributed by atoms with Crippen LogP contribution in [0.3, 0.4) is 0 Å². The van der Waals surface area contributed by atoms with Gasteiger partial charge in [-0.1, -0.05) is 13.8 Å². The highest BCUT2D eigenvalue weighted by atomic mass is 19.1. The first-order chi connectivity index (χ1) is 9.81. The molecule has 1 N–H and O–H groups in total. The van der Waals surface area contributed by atoms with E-state index in [4.69, 9.17) is 0 Å². The molecule has 0 saturated carbocycles. The minimum atomic E-state index is -0.763. The second-order valence-electron chi connectivity index (χ2n) is 5.23. The molecule has 1 rings (SSSR count). The van der Waals surface area contributed by atoms with E-state index in [2.05, 4.69) is 10.1 Å². The SMILES string of the molecule is COC(=O)C(CC(C)C)NC(=O)Cc1cc(F)cc(F)c1. The monoisotopic (exact) mass is 299 g/mol. The maximum atomic E-state index is 13.0. The Hall–Kier alpha value is -1.98. The smallest absolute Gasteiger partial charge is 0.328 e. The second kappa shape index (κ2) is 7.71. The van der Waals surface area contributed by atoms with Gasteiger partial charge in [0, 0.05) is 6.07 Å². The van der Waals surface area contributed by atoms with Gasteiger partial charge in [-0.05, 0) is 30.0 Å². The van der Waals surface area contributed by atoms with Crippen molar-refractivity contribution in [2.45, 2.75) is 32.7 Å². The van der Waals surface area contributed by atoms with Gasteiger partial charge in [-0.25, -0.2) is 13.6 Å². The van der Waals surface area contributed by atoms with Gasteiger partial charge in [-0.2, -0.15) is 0 Å². The molecule has 6 heteroatoms. The van der Waals surface area contributed by atoms with Crippen LogP contribution in [0.4, 0.5) is 8.78 Å². The number of amides is 1. The molecule has 1 atom stereocenters. The van der Waals surface area contributed by atoms with E-state index in [1.54, 1.807) is 0 Å². The first-order valence-corrected chi connectivity index (χ1v) is 6.64. The fourth-order valence-corrected chi connectivity index (χ4v) is 1.97. The first kappa shape index (κ1) is 17.1. The van der Waals surface area contributed by atoms with Crippen molar-refractivity contribution < 1.29 is 23.1 Å².